The van der Waals surface area contributed by atoms with Crippen LogP contribution < -0.4 is 20.3 Å². The third-order valence-corrected chi connectivity index (χ3v) is 7.09. The van der Waals surface area contributed by atoms with E-state index in [-0.39, 0.29) is 30.7 Å². The molecule has 0 bridgehead atoms. The predicted octanol–water partition coefficient (Wildman–Crippen LogP) is 5.98. The predicted molar refractivity (Wildman–Crippen MR) is 149 cm³/mol. The van der Waals surface area contributed by atoms with Crippen LogP contribution in [-0.2, 0) is 17.8 Å². The molecule has 4 rings (SSSR count). The number of nitrogens with zero attached hydrogens (tertiary/aromatic N) is 1. The van der Waals surface area contributed by atoms with Gasteiger partial charge in [0, 0.05) is 42.8 Å². The summed E-state index contributed by atoms with van der Waals surface area (Å²) in [5.74, 6) is 1.17. The van der Waals surface area contributed by atoms with Gasteiger partial charge in [-0.15, -0.1) is 24.8 Å². The molecule has 194 valence electrons. The third-order valence-electron chi connectivity index (χ3n) is 7.09. The van der Waals surface area contributed by atoms with Gasteiger partial charge < -0.3 is 20.3 Å². The second kappa shape index (κ2) is 14.7. The van der Waals surface area contributed by atoms with Crippen molar-refractivity contribution in [3.63, 3.8) is 0 Å². The number of fused-ring (bicyclic) bond motifs is 1. The fourth-order valence-electron chi connectivity index (χ4n) is 5.24. The Morgan fingerprint density at radius 1 is 1.14 bits per heavy atom. The monoisotopic (exact) mass is 521 g/mol. The quantitative estimate of drug-likeness (QED) is 0.377. The van der Waals surface area contributed by atoms with Crippen LogP contribution in [0.25, 0.3) is 0 Å². The van der Waals surface area contributed by atoms with Crippen molar-refractivity contribution in [3.8, 4) is 5.75 Å². The zero-order valence-electron chi connectivity index (χ0n) is 21.1. The van der Waals surface area contributed by atoms with Crippen LogP contribution in [0.1, 0.15) is 74.6 Å². The van der Waals surface area contributed by atoms with Gasteiger partial charge in [0.2, 0.25) is 5.91 Å². The van der Waals surface area contributed by atoms with Gasteiger partial charge in [-0.05, 0) is 55.5 Å². The molecule has 1 saturated heterocycles. The average molecular weight is 523 g/mol. The Balaban J connectivity index is 0.00000216. The van der Waals surface area contributed by atoms with E-state index in [0.717, 1.165) is 62.3 Å². The van der Waals surface area contributed by atoms with Gasteiger partial charge >= 0.3 is 0 Å². The molecule has 2 unspecified atom stereocenters. The van der Waals surface area contributed by atoms with Crippen molar-refractivity contribution in [2.75, 3.05) is 25.1 Å². The van der Waals surface area contributed by atoms with Gasteiger partial charge in [0.05, 0.1) is 7.11 Å². The highest BCUT2D eigenvalue weighted by Gasteiger charge is 2.28. The average Bonchev–Trinajstić information content (AvgIpc) is 3.28. The normalized spacial score (nSPS) is 18.9. The molecule has 35 heavy (non-hydrogen) atoms. The molecule has 1 amide bonds. The largest absolute Gasteiger partial charge is 0.496 e. The first-order valence-electron chi connectivity index (χ1n) is 12.7. The van der Waals surface area contributed by atoms with Gasteiger partial charge in [-0.1, -0.05) is 56.5 Å². The second-order valence-electron chi connectivity index (χ2n) is 9.37. The first-order chi connectivity index (χ1) is 16.2. The van der Waals surface area contributed by atoms with Crippen LogP contribution >= 0.6 is 24.8 Å². The number of carbonyl (C=O) groups excluding carboxylic acids is 1. The van der Waals surface area contributed by atoms with Gasteiger partial charge in [-0.25, -0.2) is 0 Å². The highest BCUT2D eigenvalue weighted by Crippen LogP contribution is 2.35. The molecule has 0 radical (unpaired) electrons. The molecule has 0 spiro atoms. The van der Waals surface area contributed by atoms with E-state index in [0.29, 0.717) is 18.5 Å². The number of piperidine rings is 1. The Kier molecular flexibility index (Phi) is 12.4. The maximum absolute atomic E-state index is 12.9. The number of carbonyl (C=O) groups is 1. The smallest absolute Gasteiger partial charge is 0.226 e. The molecular formula is C28H41Cl2N3O2. The molecule has 5 nitrogen and oxygen atoms in total. The van der Waals surface area contributed by atoms with Crippen molar-refractivity contribution >= 4 is 36.4 Å². The summed E-state index contributed by atoms with van der Waals surface area (Å²) >= 11 is 0. The molecule has 2 aromatic rings. The van der Waals surface area contributed by atoms with Gasteiger partial charge in [0.25, 0.3) is 0 Å². The van der Waals surface area contributed by atoms with E-state index in [4.69, 9.17) is 4.74 Å². The lowest BCUT2D eigenvalue weighted by Gasteiger charge is -2.34. The Bertz CT molecular complexity index is 926. The van der Waals surface area contributed by atoms with Crippen LogP contribution in [-0.4, -0.2) is 32.1 Å². The maximum Gasteiger partial charge on any atom is 0.226 e. The van der Waals surface area contributed by atoms with E-state index in [1.165, 1.54) is 30.4 Å². The van der Waals surface area contributed by atoms with Crippen LogP contribution in [0.3, 0.4) is 0 Å². The highest BCUT2D eigenvalue weighted by atomic mass is 35.5. The Morgan fingerprint density at radius 2 is 1.94 bits per heavy atom. The minimum absolute atomic E-state index is 0. The van der Waals surface area contributed by atoms with Crippen molar-refractivity contribution in [2.45, 2.75) is 76.9 Å². The van der Waals surface area contributed by atoms with E-state index < -0.39 is 0 Å². The summed E-state index contributed by atoms with van der Waals surface area (Å²) in [4.78, 5) is 14.9. The molecule has 0 aliphatic carbocycles. The second-order valence-corrected chi connectivity index (χ2v) is 9.37. The zero-order chi connectivity index (χ0) is 23.0. The van der Waals surface area contributed by atoms with E-state index >= 15 is 0 Å². The number of hydrogen-bond acceptors (Lipinski definition) is 4. The Morgan fingerprint density at radius 3 is 2.69 bits per heavy atom. The maximum atomic E-state index is 12.9. The lowest BCUT2D eigenvalue weighted by Crippen LogP contribution is -2.45. The fraction of sp³-hybridized carbons (Fsp3) is 0.536. The Labute approximate surface area is 223 Å². The van der Waals surface area contributed by atoms with Crippen LogP contribution in [0.5, 0.6) is 5.75 Å². The van der Waals surface area contributed by atoms with Crippen molar-refractivity contribution in [1.82, 2.24) is 10.6 Å². The standard InChI is InChI=1S/C28H39N3O2.2ClH/c1-3-4-5-9-14-27(32)31-17-15-22-19-26(33-2)23(18-25(22)31)20-30-24-13-10-16-29-28(24)21-11-7-6-8-12-21;;/h6-8,11-12,18-19,24,28-30H,3-5,9-10,13-17,20H2,1-2H3;2*1H. The van der Waals surface area contributed by atoms with Crippen molar-refractivity contribution in [3.05, 3.63) is 59.2 Å². The van der Waals surface area contributed by atoms with Gasteiger partial charge in [0.15, 0.2) is 0 Å². The highest BCUT2D eigenvalue weighted by molar-refractivity contribution is 5.95. The topological polar surface area (TPSA) is 53.6 Å². The fourth-order valence-corrected chi connectivity index (χ4v) is 5.24. The number of methoxy groups -OCH3 is 1. The summed E-state index contributed by atoms with van der Waals surface area (Å²) in [5, 5.41) is 7.49. The van der Waals surface area contributed by atoms with Gasteiger partial charge in [-0.2, -0.15) is 0 Å². The molecule has 0 aromatic heterocycles. The van der Waals surface area contributed by atoms with Crippen molar-refractivity contribution < 1.29 is 9.53 Å². The molecule has 2 aliphatic rings. The SMILES string of the molecule is CCCCCCC(=O)N1CCc2cc(OC)c(CNC3CCCNC3c3ccccc3)cc21.Cl.Cl. The molecule has 2 aliphatic heterocycles. The minimum Gasteiger partial charge on any atom is -0.496 e. The van der Waals surface area contributed by atoms with E-state index in [1.807, 2.05) is 4.90 Å². The summed E-state index contributed by atoms with van der Waals surface area (Å²) in [6.45, 7) is 4.76. The molecule has 2 heterocycles. The third kappa shape index (κ3) is 7.36. The molecule has 2 N–H and O–H groups in total. The number of nitrogens with one attached hydrogen (secondary N) is 2. The first-order valence-corrected chi connectivity index (χ1v) is 12.7. The molecule has 2 aromatic carbocycles. The molecule has 1 fully saturated rings. The van der Waals surface area contributed by atoms with Gasteiger partial charge in [-0.3, -0.25) is 4.79 Å². The van der Waals surface area contributed by atoms with Crippen LogP contribution in [0, 0.1) is 0 Å². The summed E-state index contributed by atoms with van der Waals surface area (Å²) in [7, 11) is 1.74. The molecule has 2 atom stereocenters. The van der Waals surface area contributed by atoms with Crippen LogP contribution in [0.4, 0.5) is 5.69 Å². The molecular weight excluding hydrogens is 481 g/mol. The summed E-state index contributed by atoms with van der Waals surface area (Å²) < 4.78 is 5.75. The summed E-state index contributed by atoms with van der Waals surface area (Å²) in [5.41, 5.74) is 4.75. The van der Waals surface area contributed by atoms with E-state index in [9.17, 15) is 4.79 Å². The summed E-state index contributed by atoms with van der Waals surface area (Å²) in [6.07, 6.45) is 8.38. The zero-order valence-corrected chi connectivity index (χ0v) is 22.7. The van der Waals surface area contributed by atoms with E-state index in [2.05, 4.69) is 60.0 Å². The van der Waals surface area contributed by atoms with Gasteiger partial charge in [0.1, 0.15) is 5.75 Å². The molecule has 0 saturated carbocycles. The number of hydrogen-bond donors (Lipinski definition) is 2. The number of benzene rings is 2. The number of ether oxygens (including phenoxy) is 1. The number of rotatable bonds is 10. The Hall–Kier alpha value is -1.79. The lowest BCUT2D eigenvalue weighted by atomic mass is 9.92. The number of amides is 1. The van der Waals surface area contributed by atoms with Crippen molar-refractivity contribution in [2.24, 2.45) is 0 Å². The number of halogens is 2. The number of unbranched alkanes of at least 4 members (excludes halogenated alkanes) is 3. The van der Waals surface area contributed by atoms with Crippen LogP contribution in [0.15, 0.2) is 42.5 Å². The molecule has 7 heteroatoms. The van der Waals surface area contributed by atoms with Crippen LogP contribution in [0.2, 0.25) is 0 Å². The first kappa shape index (κ1) is 29.4. The van der Waals surface area contributed by atoms with E-state index in [1.54, 1.807) is 7.11 Å². The number of anilines is 1. The minimum atomic E-state index is 0. The summed E-state index contributed by atoms with van der Waals surface area (Å²) in [6, 6.07) is 15.7. The van der Waals surface area contributed by atoms with Crippen molar-refractivity contribution in [1.29, 1.82) is 0 Å². The lowest BCUT2D eigenvalue weighted by molar-refractivity contribution is -0.118.